The summed E-state index contributed by atoms with van der Waals surface area (Å²) in [6.45, 7) is 0. The Morgan fingerprint density at radius 1 is 1.40 bits per heavy atom. The minimum Gasteiger partial charge on any atom is -0.477 e. The summed E-state index contributed by atoms with van der Waals surface area (Å²) >= 11 is 2.20. The summed E-state index contributed by atoms with van der Waals surface area (Å²) in [6.07, 6.45) is 2.84. The molecule has 0 spiro atoms. The maximum absolute atomic E-state index is 12.2. The average Bonchev–Trinajstić information content (AvgIpc) is 3.00. The molecule has 6 nitrogen and oxygen atoms in total. The molecule has 0 radical (unpaired) electrons. The molecule has 0 atom stereocenters. The summed E-state index contributed by atoms with van der Waals surface area (Å²) in [5.74, 6) is -1.25. The van der Waals surface area contributed by atoms with Crippen molar-refractivity contribution >= 4 is 43.8 Å². The van der Waals surface area contributed by atoms with Gasteiger partial charge >= 0.3 is 5.97 Å². The number of anilines is 1. The zero-order valence-electron chi connectivity index (χ0n) is 10.1. The highest BCUT2D eigenvalue weighted by molar-refractivity contribution is 7.93. The molecule has 0 unspecified atom stereocenters. The number of rotatable bonds is 4. The molecule has 0 fully saturated rings. The van der Waals surface area contributed by atoms with E-state index >= 15 is 0 Å². The fraction of sp³-hybridized carbons (Fsp3) is 0.273. The van der Waals surface area contributed by atoms with E-state index in [-0.39, 0.29) is 9.77 Å². The first kappa shape index (κ1) is 13.5. The number of thiophene rings is 1. The van der Waals surface area contributed by atoms with Gasteiger partial charge in [-0.2, -0.15) is 0 Å². The van der Waals surface area contributed by atoms with Gasteiger partial charge in [0, 0.05) is 4.88 Å². The number of carbonyl (C=O) groups is 1. The lowest BCUT2D eigenvalue weighted by atomic mass is 10.4. The summed E-state index contributed by atoms with van der Waals surface area (Å²) < 4.78 is 26.8. The van der Waals surface area contributed by atoms with Crippen LogP contribution in [0.1, 0.15) is 26.7 Å². The molecule has 2 N–H and O–H groups in total. The van der Waals surface area contributed by atoms with Gasteiger partial charge in [-0.25, -0.2) is 18.2 Å². The van der Waals surface area contributed by atoms with E-state index < -0.39 is 16.0 Å². The molecule has 0 saturated heterocycles. The van der Waals surface area contributed by atoms with E-state index in [0.717, 1.165) is 41.2 Å². The van der Waals surface area contributed by atoms with Crippen LogP contribution in [0.2, 0.25) is 0 Å². The highest BCUT2D eigenvalue weighted by Crippen LogP contribution is 2.32. The zero-order chi connectivity index (χ0) is 14.3. The number of aromatic nitrogens is 1. The highest BCUT2D eigenvalue weighted by Gasteiger charge is 2.26. The van der Waals surface area contributed by atoms with Gasteiger partial charge in [-0.05, 0) is 30.7 Å². The zero-order valence-corrected chi connectivity index (χ0v) is 12.6. The lowest BCUT2D eigenvalue weighted by Crippen LogP contribution is -2.15. The number of nitrogens with zero attached hydrogens (tertiary/aromatic N) is 1. The standard InChI is InChI=1S/C11H10N2O4S3/c14-10(15)9-8(4-5-18-9)20(16,17)13-11-12-6-2-1-3-7(6)19-11/h4-5H,1-3H2,(H,12,13)(H,14,15). The van der Waals surface area contributed by atoms with Gasteiger partial charge in [-0.3, -0.25) is 4.72 Å². The molecular weight excluding hydrogens is 320 g/mol. The summed E-state index contributed by atoms with van der Waals surface area (Å²) in [6, 6.07) is 1.29. The molecule has 0 aliphatic heterocycles. The number of hydrogen-bond donors (Lipinski definition) is 2. The van der Waals surface area contributed by atoms with Crippen LogP contribution in [0.3, 0.4) is 0 Å². The van der Waals surface area contributed by atoms with Crippen molar-refractivity contribution < 1.29 is 18.3 Å². The van der Waals surface area contributed by atoms with Crippen LogP contribution in [0.5, 0.6) is 0 Å². The van der Waals surface area contributed by atoms with Crippen molar-refractivity contribution in [1.82, 2.24) is 4.98 Å². The maximum Gasteiger partial charge on any atom is 0.347 e. The number of nitrogens with one attached hydrogen (secondary N) is 1. The van der Waals surface area contributed by atoms with E-state index in [1.54, 1.807) is 0 Å². The molecule has 0 bridgehead atoms. The maximum atomic E-state index is 12.2. The largest absolute Gasteiger partial charge is 0.477 e. The molecule has 20 heavy (non-hydrogen) atoms. The lowest BCUT2D eigenvalue weighted by Gasteiger charge is -2.04. The van der Waals surface area contributed by atoms with Gasteiger partial charge in [-0.1, -0.05) is 0 Å². The van der Waals surface area contributed by atoms with Gasteiger partial charge in [0.25, 0.3) is 10.0 Å². The van der Waals surface area contributed by atoms with Gasteiger partial charge < -0.3 is 5.11 Å². The highest BCUT2D eigenvalue weighted by atomic mass is 32.2. The Bertz CT molecular complexity index is 754. The fourth-order valence-electron chi connectivity index (χ4n) is 2.07. The Hall–Kier alpha value is -1.45. The predicted molar refractivity (Wildman–Crippen MR) is 76.2 cm³/mol. The Kier molecular flexibility index (Phi) is 3.27. The number of aryl methyl sites for hydroxylation is 2. The molecule has 9 heteroatoms. The van der Waals surface area contributed by atoms with Crippen molar-refractivity contribution in [2.24, 2.45) is 0 Å². The van der Waals surface area contributed by atoms with Gasteiger partial charge in [-0.15, -0.1) is 22.7 Å². The fourth-order valence-corrected chi connectivity index (χ4v) is 5.61. The molecule has 0 saturated carbocycles. The van der Waals surface area contributed by atoms with Crippen LogP contribution in [0.15, 0.2) is 16.3 Å². The van der Waals surface area contributed by atoms with Gasteiger partial charge in [0.2, 0.25) is 0 Å². The van der Waals surface area contributed by atoms with Crippen molar-refractivity contribution in [2.45, 2.75) is 24.2 Å². The smallest absolute Gasteiger partial charge is 0.347 e. The van der Waals surface area contributed by atoms with Crippen LogP contribution in [0.25, 0.3) is 0 Å². The van der Waals surface area contributed by atoms with Gasteiger partial charge in [0.15, 0.2) is 5.13 Å². The van der Waals surface area contributed by atoms with Crippen LogP contribution in [-0.2, 0) is 22.9 Å². The summed E-state index contributed by atoms with van der Waals surface area (Å²) in [7, 11) is -3.91. The first-order chi connectivity index (χ1) is 9.47. The molecule has 1 aliphatic rings. The quantitative estimate of drug-likeness (QED) is 0.896. The first-order valence-corrected chi connectivity index (χ1v) is 8.97. The van der Waals surface area contributed by atoms with Crippen molar-refractivity contribution in [3.8, 4) is 0 Å². The van der Waals surface area contributed by atoms with E-state index in [2.05, 4.69) is 9.71 Å². The monoisotopic (exact) mass is 330 g/mol. The second-order valence-corrected chi connectivity index (χ2v) is 7.92. The van der Waals surface area contributed by atoms with E-state index in [1.165, 1.54) is 22.8 Å². The topological polar surface area (TPSA) is 96.4 Å². The third-order valence-electron chi connectivity index (χ3n) is 2.93. The van der Waals surface area contributed by atoms with Crippen molar-refractivity contribution in [3.63, 3.8) is 0 Å². The Morgan fingerprint density at radius 2 is 2.20 bits per heavy atom. The van der Waals surface area contributed by atoms with E-state index in [1.807, 2.05) is 0 Å². The molecule has 106 valence electrons. The number of hydrogen-bond acceptors (Lipinski definition) is 6. The Balaban J connectivity index is 1.92. The molecule has 2 aromatic heterocycles. The van der Waals surface area contributed by atoms with Crippen LogP contribution in [0.4, 0.5) is 5.13 Å². The lowest BCUT2D eigenvalue weighted by molar-refractivity contribution is 0.0698. The normalized spacial score (nSPS) is 14.2. The Morgan fingerprint density at radius 3 is 2.90 bits per heavy atom. The number of sulfonamides is 1. The molecule has 1 aliphatic carbocycles. The summed E-state index contributed by atoms with van der Waals surface area (Å²) in [5.41, 5.74) is 0.941. The van der Waals surface area contributed by atoms with E-state index in [0.29, 0.717) is 5.13 Å². The number of carboxylic acid groups (broad SMARTS) is 1. The number of aromatic carboxylic acids is 1. The Labute approximate surface area is 123 Å². The van der Waals surface area contributed by atoms with E-state index in [4.69, 9.17) is 5.11 Å². The predicted octanol–water partition coefficient (Wildman–Crippen LogP) is 2.19. The van der Waals surface area contributed by atoms with E-state index in [9.17, 15) is 13.2 Å². The molecule has 2 heterocycles. The first-order valence-electron chi connectivity index (χ1n) is 5.79. The number of thiazole rings is 1. The number of carboxylic acids is 1. The van der Waals surface area contributed by atoms with Crippen LogP contribution in [0, 0.1) is 0 Å². The average molecular weight is 330 g/mol. The molecular formula is C11H10N2O4S3. The van der Waals surface area contributed by atoms with Crippen LogP contribution >= 0.6 is 22.7 Å². The number of fused-ring (bicyclic) bond motifs is 1. The van der Waals surface area contributed by atoms with Crippen molar-refractivity contribution in [3.05, 3.63) is 26.9 Å². The van der Waals surface area contributed by atoms with Crippen LogP contribution in [-0.4, -0.2) is 24.5 Å². The second-order valence-electron chi connectivity index (χ2n) is 4.27. The minimum atomic E-state index is -3.91. The van der Waals surface area contributed by atoms with Crippen LogP contribution < -0.4 is 4.72 Å². The third-order valence-corrected chi connectivity index (χ3v) is 6.55. The van der Waals surface area contributed by atoms with Crippen molar-refractivity contribution in [1.29, 1.82) is 0 Å². The van der Waals surface area contributed by atoms with Gasteiger partial charge in [0.05, 0.1) is 5.69 Å². The summed E-state index contributed by atoms with van der Waals surface area (Å²) in [4.78, 5) is 15.9. The van der Waals surface area contributed by atoms with Crippen molar-refractivity contribution in [2.75, 3.05) is 4.72 Å². The minimum absolute atomic E-state index is 0.193. The summed E-state index contributed by atoms with van der Waals surface area (Å²) in [5, 5.41) is 10.7. The van der Waals surface area contributed by atoms with Gasteiger partial charge in [0.1, 0.15) is 9.77 Å². The molecule has 0 aromatic carbocycles. The third kappa shape index (κ3) is 2.32. The molecule has 0 amide bonds. The SMILES string of the molecule is O=C(O)c1sccc1S(=O)(=O)Nc1nc2c(s1)CCC2. The second kappa shape index (κ2) is 4.83. The molecule has 3 rings (SSSR count). The molecule has 2 aromatic rings.